The van der Waals surface area contributed by atoms with Crippen LogP contribution in [-0.2, 0) is 27.8 Å². The molecule has 1 amide bonds. The summed E-state index contributed by atoms with van der Waals surface area (Å²) in [4.78, 5) is 13.3. The van der Waals surface area contributed by atoms with Crippen LogP contribution in [0.15, 0.2) is 83.8 Å². The molecule has 0 bridgehead atoms. The monoisotopic (exact) mass is 417 g/mol. The molecule has 1 atom stereocenters. The van der Waals surface area contributed by atoms with Crippen molar-refractivity contribution in [2.75, 3.05) is 5.32 Å². The zero-order valence-corrected chi connectivity index (χ0v) is 16.8. The minimum absolute atomic E-state index is 0.115. The number of amides is 1. The number of nitriles is 1. The maximum Gasteiger partial charge on any atom is 0.244 e. The van der Waals surface area contributed by atoms with Crippen molar-refractivity contribution in [1.29, 1.82) is 5.26 Å². The summed E-state index contributed by atoms with van der Waals surface area (Å²) in [5, 5.41) is 11.9. The van der Waals surface area contributed by atoms with Crippen LogP contribution in [0.4, 0.5) is 5.69 Å². The van der Waals surface area contributed by atoms with Crippen molar-refractivity contribution in [2.45, 2.75) is 23.9 Å². The van der Waals surface area contributed by atoms with Gasteiger partial charge in [0.15, 0.2) is 0 Å². The first kappa shape index (κ1) is 19.8. The van der Waals surface area contributed by atoms with E-state index in [2.05, 4.69) is 5.32 Å². The van der Waals surface area contributed by atoms with Crippen LogP contribution in [0.5, 0.6) is 0 Å². The molecule has 1 heterocycles. The summed E-state index contributed by atoms with van der Waals surface area (Å²) in [6, 6.07) is 23.3. The molecule has 6 nitrogen and oxygen atoms in total. The van der Waals surface area contributed by atoms with Crippen molar-refractivity contribution in [1.82, 2.24) is 4.31 Å². The molecule has 0 saturated carbocycles. The van der Waals surface area contributed by atoms with Crippen LogP contribution in [0.2, 0.25) is 0 Å². The number of hydrogen-bond acceptors (Lipinski definition) is 4. The van der Waals surface area contributed by atoms with Gasteiger partial charge < -0.3 is 5.32 Å². The quantitative estimate of drug-likeness (QED) is 0.705. The van der Waals surface area contributed by atoms with E-state index in [1.807, 2.05) is 30.3 Å². The van der Waals surface area contributed by atoms with Gasteiger partial charge in [0.25, 0.3) is 0 Å². The number of carbonyl (C=O) groups excluding carboxylic acids is 1. The first-order valence-corrected chi connectivity index (χ1v) is 10.9. The molecule has 4 rings (SSSR count). The Hall–Kier alpha value is -3.47. The largest absolute Gasteiger partial charge is 0.325 e. The van der Waals surface area contributed by atoms with Crippen LogP contribution < -0.4 is 5.32 Å². The fourth-order valence-corrected chi connectivity index (χ4v) is 5.18. The summed E-state index contributed by atoms with van der Waals surface area (Å²) in [6.45, 7) is 0.115. The molecule has 7 heteroatoms. The molecule has 3 aromatic carbocycles. The SMILES string of the molecule is N#Cc1cccc(NC(=O)C2Cc3ccccc3CN2S(=O)(=O)c2ccccc2)c1. The molecule has 0 spiro atoms. The second-order valence-corrected chi connectivity index (χ2v) is 8.92. The zero-order chi connectivity index (χ0) is 21.1. The van der Waals surface area contributed by atoms with Crippen LogP contribution in [0.1, 0.15) is 16.7 Å². The Morgan fingerprint density at radius 1 is 0.967 bits per heavy atom. The van der Waals surface area contributed by atoms with E-state index < -0.39 is 22.0 Å². The standard InChI is InChI=1S/C23H19N3O3S/c24-15-17-7-6-10-20(13-17)25-23(27)22-14-18-8-4-5-9-19(18)16-26(22)30(28,29)21-11-2-1-3-12-21/h1-13,22H,14,16H2,(H,25,27). The third kappa shape index (κ3) is 3.83. The first-order chi connectivity index (χ1) is 14.5. The highest BCUT2D eigenvalue weighted by Gasteiger charge is 2.39. The molecule has 0 radical (unpaired) electrons. The van der Waals surface area contributed by atoms with Crippen molar-refractivity contribution in [3.8, 4) is 6.07 Å². The van der Waals surface area contributed by atoms with Gasteiger partial charge in [0.05, 0.1) is 16.5 Å². The van der Waals surface area contributed by atoms with Gasteiger partial charge in [0.2, 0.25) is 15.9 Å². The third-order valence-corrected chi connectivity index (χ3v) is 6.99. The molecular formula is C23H19N3O3S. The minimum atomic E-state index is -3.88. The fourth-order valence-electron chi connectivity index (χ4n) is 3.59. The van der Waals surface area contributed by atoms with Crippen molar-refractivity contribution >= 4 is 21.6 Å². The number of sulfonamides is 1. The molecule has 1 unspecified atom stereocenters. The van der Waals surface area contributed by atoms with Gasteiger partial charge in [-0.05, 0) is 47.9 Å². The number of nitrogens with zero attached hydrogens (tertiary/aromatic N) is 2. The number of hydrogen-bond donors (Lipinski definition) is 1. The van der Waals surface area contributed by atoms with E-state index in [1.165, 1.54) is 16.4 Å². The molecule has 3 aromatic rings. The van der Waals surface area contributed by atoms with Crippen molar-refractivity contribution < 1.29 is 13.2 Å². The maximum atomic E-state index is 13.4. The highest BCUT2D eigenvalue weighted by molar-refractivity contribution is 7.89. The van der Waals surface area contributed by atoms with E-state index in [1.54, 1.807) is 42.5 Å². The lowest BCUT2D eigenvalue weighted by Crippen LogP contribution is -2.50. The lowest BCUT2D eigenvalue weighted by atomic mass is 9.95. The Bertz CT molecular complexity index is 1230. The van der Waals surface area contributed by atoms with Gasteiger partial charge in [-0.2, -0.15) is 9.57 Å². The molecule has 0 fully saturated rings. The third-order valence-electron chi connectivity index (χ3n) is 5.12. The molecular weight excluding hydrogens is 398 g/mol. The predicted octanol–water partition coefficient (Wildman–Crippen LogP) is 3.31. The van der Waals surface area contributed by atoms with Crippen molar-refractivity contribution in [2.24, 2.45) is 0 Å². The number of rotatable bonds is 4. The fraction of sp³-hybridized carbons (Fsp3) is 0.130. The number of carbonyl (C=O) groups is 1. The summed E-state index contributed by atoms with van der Waals surface area (Å²) in [6.07, 6.45) is 0.270. The Morgan fingerprint density at radius 2 is 1.67 bits per heavy atom. The molecule has 1 aliphatic heterocycles. The van der Waals surface area contributed by atoms with Crippen LogP contribution in [0, 0.1) is 11.3 Å². The highest BCUT2D eigenvalue weighted by atomic mass is 32.2. The van der Waals surface area contributed by atoms with Gasteiger partial charge in [0.1, 0.15) is 6.04 Å². The normalized spacial score (nSPS) is 16.3. The van der Waals surface area contributed by atoms with E-state index >= 15 is 0 Å². The molecule has 0 aromatic heterocycles. The Labute approximate surface area is 175 Å². The first-order valence-electron chi connectivity index (χ1n) is 9.44. The summed E-state index contributed by atoms with van der Waals surface area (Å²) >= 11 is 0. The second kappa shape index (κ2) is 8.11. The molecule has 1 aliphatic rings. The van der Waals surface area contributed by atoms with E-state index in [-0.39, 0.29) is 17.9 Å². The molecule has 0 aliphatic carbocycles. The summed E-state index contributed by atoms with van der Waals surface area (Å²) < 4.78 is 28.0. The Balaban J connectivity index is 1.71. The van der Waals surface area contributed by atoms with Gasteiger partial charge >= 0.3 is 0 Å². The van der Waals surface area contributed by atoms with Gasteiger partial charge in [-0.3, -0.25) is 4.79 Å². The molecule has 0 saturated heterocycles. The van der Waals surface area contributed by atoms with Crippen molar-refractivity contribution in [3.63, 3.8) is 0 Å². The number of fused-ring (bicyclic) bond motifs is 1. The maximum absolute atomic E-state index is 13.4. The summed E-state index contributed by atoms with van der Waals surface area (Å²) in [7, 11) is -3.88. The van der Waals surface area contributed by atoms with Gasteiger partial charge in [0, 0.05) is 12.2 Å². The van der Waals surface area contributed by atoms with E-state index in [0.717, 1.165) is 11.1 Å². The van der Waals surface area contributed by atoms with Crippen LogP contribution >= 0.6 is 0 Å². The average molecular weight is 417 g/mol. The Morgan fingerprint density at radius 3 is 2.40 bits per heavy atom. The van der Waals surface area contributed by atoms with Crippen molar-refractivity contribution in [3.05, 3.63) is 95.6 Å². The topological polar surface area (TPSA) is 90.3 Å². The van der Waals surface area contributed by atoms with Crippen LogP contribution in [0.3, 0.4) is 0 Å². The molecule has 30 heavy (non-hydrogen) atoms. The second-order valence-electron chi connectivity index (χ2n) is 7.03. The van der Waals surface area contributed by atoms with Gasteiger partial charge in [-0.1, -0.05) is 48.5 Å². The predicted molar refractivity (Wildman–Crippen MR) is 113 cm³/mol. The molecule has 1 N–H and O–H groups in total. The smallest absolute Gasteiger partial charge is 0.244 e. The van der Waals surface area contributed by atoms with Gasteiger partial charge in [-0.15, -0.1) is 0 Å². The lowest BCUT2D eigenvalue weighted by Gasteiger charge is -2.35. The number of nitrogens with one attached hydrogen (secondary N) is 1. The van der Waals surface area contributed by atoms with Crippen LogP contribution in [0.25, 0.3) is 0 Å². The molecule has 150 valence electrons. The average Bonchev–Trinajstić information content (AvgIpc) is 2.79. The number of benzene rings is 3. The minimum Gasteiger partial charge on any atom is -0.325 e. The van der Waals surface area contributed by atoms with E-state index in [0.29, 0.717) is 11.3 Å². The number of anilines is 1. The summed E-state index contributed by atoms with van der Waals surface area (Å²) in [5.74, 6) is -0.431. The van der Waals surface area contributed by atoms with Gasteiger partial charge in [-0.25, -0.2) is 8.42 Å². The lowest BCUT2D eigenvalue weighted by molar-refractivity contribution is -0.120. The van der Waals surface area contributed by atoms with E-state index in [4.69, 9.17) is 5.26 Å². The summed E-state index contributed by atoms with van der Waals surface area (Å²) in [5.41, 5.74) is 2.70. The zero-order valence-electron chi connectivity index (χ0n) is 16.0. The Kier molecular flexibility index (Phi) is 5.36. The van der Waals surface area contributed by atoms with Crippen LogP contribution in [-0.4, -0.2) is 24.7 Å². The van der Waals surface area contributed by atoms with E-state index in [9.17, 15) is 13.2 Å². The highest BCUT2D eigenvalue weighted by Crippen LogP contribution is 2.29.